The van der Waals surface area contributed by atoms with E-state index in [4.69, 9.17) is 0 Å². The molecule has 2 saturated carbocycles. The maximum Gasteiger partial charge on any atom is 0.124 e. The van der Waals surface area contributed by atoms with Gasteiger partial charge in [-0.2, -0.15) is 0 Å². The number of aldehydes is 1. The summed E-state index contributed by atoms with van der Waals surface area (Å²) >= 11 is 0. The summed E-state index contributed by atoms with van der Waals surface area (Å²) in [6, 6.07) is 8.72. The van der Waals surface area contributed by atoms with Crippen LogP contribution in [0.2, 0.25) is 0 Å². The number of aryl methyl sites for hydroxylation is 1. The lowest BCUT2D eigenvalue weighted by Gasteiger charge is -2.16. The van der Waals surface area contributed by atoms with Crippen LogP contribution in [0.4, 0.5) is 0 Å². The van der Waals surface area contributed by atoms with Crippen molar-refractivity contribution in [1.82, 2.24) is 0 Å². The van der Waals surface area contributed by atoms with Gasteiger partial charge in [0.2, 0.25) is 0 Å². The summed E-state index contributed by atoms with van der Waals surface area (Å²) in [7, 11) is 0. The first kappa shape index (κ1) is 9.14. The molecule has 1 aromatic carbocycles. The summed E-state index contributed by atoms with van der Waals surface area (Å²) in [6.07, 6.45) is 4.89. The Morgan fingerprint density at radius 2 is 2.20 bits per heavy atom. The highest BCUT2D eigenvalue weighted by Gasteiger charge is 2.62. The Labute approximate surface area is 90.5 Å². The molecule has 0 heterocycles. The minimum Gasteiger partial charge on any atom is -0.303 e. The second-order valence-corrected chi connectivity index (χ2v) is 5.13. The van der Waals surface area contributed by atoms with Gasteiger partial charge in [-0.1, -0.05) is 29.8 Å². The van der Waals surface area contributed by atoms with E-state index in [1.165, 1.54) is 30.3 Å². The monoisotopic (exact) mass is 200 g/mol. The van der Waals surface area contributed by atoms with Gasteiger partial charge in [0.15, 0.2) is 0 Å². The minimum absolute atomic E-state index is 0.244. The molecule has 2 unspecified atom stereocenters. The Hall–Kier alpha value is -1.11. The zero-order valence-corrected chi connectivity index (χ0v) is 9.07. The first-order chi connectivity index (χ1) is 7.27. The van der Waals surface area contributed by atoms with Crippen molar-refractivity contribution >= 4 is 6.29 Å². The van der Waals surface area contributed by atoms with Gasteiger partial charge in [-0.25, -0.2) is 0 Å². The highest BCUT2D eigenvalue weighted by Crippen LogP contribution is 2.65. The molecule has 1 aromatic rings. The Bertz CT molecular complexity index is 406. The summed E-state index contributed by atoms with van der Waals surface area (Å²) < 4.78 is 0. The minimum atomic E-state index is 0.244. The molecule has 0 amide bonds. The summed E-state index contributed by atoms with van der Waals surface area (Å²) in [5.41, 5.74) is 2.96. The van der Waals surface area contributed by atoms with Crippen LogP contribution in [0, 0.1) is 18.8 Å². The van der Waals surface area contributed by atoms with E-state index in [0.717, 1.165) is 12.3 Å². The molecule has 0 N–H and O–H groups in total. The smallest absolute Gasteiger partial charge is 0.124 e. The first-order valence-electron chi connectivity index (χ1n) is 5.80. The van der Waals surface area contributed by atoms with Gasteiger partial charge >= 0.3 is 0 Å². The quantitative estimate of drug-likeness (QED) is 0.686. The van der Waals surface area contributed by atoms with Gasteiger partial charge in [0.05, 0.1) is 0 Å². The van der Waals surface area contributed by atoms with E-state index in [1.807, 2.05) is 0 Å². The molecule has 15 heavy (non-hydrogen) atoms. The molecule has 2 fully saturated rings. The second-order valence-electron chi connectivity index (χ2n) is 5.13. The van der Waals surface area contributed by atoms with Gasteiger partial charge < -0.3 is 4.79 Å². The molecule has 0 aromatic heterocycles. The Balaban J connectivity index is 2.00. The SMILES string of the molecule is Cc1cccc(C2(C3CC3)CC2C=O)c1. The summed E-state index contributed by atoms with van der Waals surface area (Å²) in [4.78, 5) is 11.0. The van der Waals surface area contributed by atoms with Crippen LogP contribution in [0.25, 0.3) is 0 Å². The normalized spacial score (nSPS) is 33.8. The third-order valence-corrected chi connectivity index (χ3v) is 4.08. The van der Waals surface area contributed by atoms with E-state index in [0.29, 0.717) is 5.92 Å². The molecule has 0 bridgehead atoms. The summed E-state index contributed by atoms with van der Waals surface area (Å²) in [6.45, 7) is 2.13. The predicted octanol–water partition coefficient (Wildman–Crippen LogP) is 2.86. The predicted molar refractivity (Wildman–Crippen MR) is 59.8 cm³/mol. The molecule has 1 heteroatoms. The number of carbonyl (C=O) groups excluding carboxylic acids is 1. The fourth-order valence-electron chi connectivity index (χ4n) is 3.04. The Morgan fingerprint density at radius 1 is 1.40 bits per heavy atom. The van der Waals surface area contributed by atoms with Crippen LogP contribution in [-0.2, 0) is 10.2 Å². The van der Waals surface area contributed by atoms with Crippen LogP contribution >= 0.6 is 0 Å². The zero-order valence-electron chi connectivity index (χ0n) is 9.07. The number of hydrogen-bond acceptors (Lipinski definition) is 1. The molecule has 2 aliphatic carbocycles. The second kappa shape index (κ2) is 2.94. The van der Waals surface area contributed by atoms with Gasteiger partial charge in [-0.05, 0) is 37.7 Å². The highest BCUT2D eigenvalue weighted by molar-refractivity contribution is 5.65. The fourth-order valence-corrected chi connectivity index (χ4v) is 3.04. The van der Waals surface area contributed by atoms with Gasteiger partial charge in [0.1, 0.15) is 6.29 Å². The molecule has 1 nitrogen and oxygen atoms in total. The van der Waals surface area contributed by atoms with Crippen LogP contribution < -0.4 is 0 Å². The van der Waals surface area contributed by atoms with Crippen LogP contribution in [0.5, 0.6) is 0 Å². The van der Waals surface area contributed by atoms with E-state index >= 15 is 0 Å². The molecule has 2 atom stereocenters. The molecule has 78 valence electrons. The van der Waals surface area contributed by atoms with Crippen LogP contribution in [0.15, 0.2) is 24.3 Å². The molecule has 3 rings (SSSR count). The van der Waals surface area contributed by atoms with Crippen LogP contribution in [-0.4, -0.2) is 6.29 Å². The number of hydrogen-bond donors (Lipinski definition) is 0. The van der Waals surface area contributed by atoms with Crippen molar-refractivity contribution in [2.45, 2.75) is 31.6 Å². The van der Waals surface area contributed by atoms with Crippen LogP contribution in [0.1, 0.15) is 30.4 Å². The maximum absolute atomic E-state index is 11.0. The van der Waals surface area contributed by atoms with E-state index in [-0.39, 0.29) is 5.41 Å². The lowest BCUT2D eigenvalue weighted by atomic mass is 9.87. The lowest BCUT2D eigenvalue weighted by Crippen LogP contribution is -2.13. The van der Waals surface area contributed by atoms with Gasteiger partial charge in [0, 0.05) is 11.3 Å². The van der Waals surface area contributed by atoms with E-state index in [1.54, 1.807) is 0 Å². The van der Waals surface area contributed by atoms with Crippen molar-refractivity contribution in [2.75, 3.05) is 0 Å². The van der Waals surface area contributed by atoms with E-state index < -0.39 is 0 Å². The average molecular weight is 200 g/mol. The summed E-state index contributed by atoms with van der Waals surface area (Å²) in [5, 5.41) is 0. The molecule has 0 aliphatic heterocycles. The molecule has 0 spiro atoms. The first-order valence-corrected chi connectivity index (χ1v) is 5.80. The molecule has 0 radical (unpaired) electrons. The summed E-state index contributed by atoms with van der Waals surface area (Å²) in [5.74, 6) is 1.08. The van der Waals surface area contributed by atoms with Crippen molar-refractivity contribution in [3.8, 4) is 0 Å². The van der Waals surface area contributed by atoms with Crippen molar-refractivity contribution in [3.63, 3.8) is 0 Å². The standard InChI is InChI=1S/C14H16O/c1-10-3-2-4-12(7-10)14(11-5-6-11)8-13(14)9-15/h2-4,7,9,11,13H,5-6,8H2,1H3. The van der Waals surface area contributed by atoms with Gasteiger partial charge in [-0.15, -0.1) is 0 Å². The van der Waals surface area contributed by atoms with Crippen molar-refractivity contribution < 1.29 is 4.79 Å². The molecular weight excluding hydrogens is 184 g/mol. The van der Waals surface area contributed by atoms with Crippen molar-refractivity contribution in [2.24, 2.45) is 11.8 Å². The van der Waals surface area contributed by atoms with E-state index in [2.05, 4.69) is 31.2 Å². The van der Waals surface area contributed by atoms with Crippen molar-refractivity contribution in [3.05, 3.63) is 35.4 Å². The third-order valence-electron chi connectivity index (χ3n) is 4.08. The third kappa shape index (κ3) is 1.26. The molecule has 0 saturated heterocycles. The lowest BCUT2D eigenvalue weighted by molar-refractivity contribution is -0.109. The van der Waals surface area contributed by atoms with Crippen LogP contribution in [0.3, 0.4) is 0 Å². The zero-order chi connectivity index (χ0) is 10.5. The van der Waals surface area contributed by atoms with Gasteiger partial charge in [0.25, 0.3) is 0 Å². The number of benzene rings is 1. The fraction of sp³-hybridized carbons (Fsp3) is 0.500. The number of rotatable bonds is 3. The Morgan fingerprint density at radius 3 is 2.73 bits per heavy atom. The average Bonchev–Trinajstić information content (AvgIpc) is 3.11. The largest absolute Gasteiger partial charge is 0.303 e. The molecular formula is C14H16O. The topological polar surface area (TPSA) is 17.1 Å². The van der Waals surface area contributed by atoms with Gasteiger partial charge in [-0.3, -0.25) is 0 Å². The Kier molecular flexibility index (Phi) is 1.79. The highest BCUT2D eigenvalue weighted by atomic mass is 16.1. The molecule has 2 aliphatic rings. The van der Waals surface area contributed by atoms with E-state index in [9.17, 15) is 4.79 Å². The number of carbonyl (C=O) groups is 1. The maximum atomic E-state index is 11.0. The van der Waals surface area contributed by atoms with Crippen molar-refractivity contribution in [1.29, 1.82) is 0 Å².